The second-order valence-electron chi connectivity index (χ2n) is 7.42. The number of benzene rings is 1. The molecule has 174 valence electrons. The van der Waals surface area contributed by atoms with Crippen LogP contribution < -0.4 is 5.32 Å². The van der Waals surface area contributed by atoms with Gasteiger partial charge in [0.1, 0.15) is 13.2 Å². The Kier molecular flexibility index (Phi) is 10.6. The van der Waals surface area contributed by atoms with Gasteiger partial charge in [0.25, 0.3) is 10.1 Å². The normalized spacial score (nSPS) is 12.6. The van der Waals surface area contributed by atoms with Crippen molar-refractivity contribution < 1.29 is 41.6 Å². The summed E-state index contributed by atoms with van der Waals surface area (Å²) in [6.07, 6.45) is -1.50. The first kappa shape index (κ1) is 26.5. The van der Waals surface area contributed by atoms with Crippen LogP contribution in [0.4, 0.5) is 0 Å². The number of aliphatic hydroxyl groups is 1. The highest BCUT2D eigenvalue weighted by molar-refractivity contribution is 7.86. The largest absolute Gasteiger partial charge is 0.460 e. The molecule has 0 bridgehead atoms. The number of esters is 2. The maximum Gasteiger partial charge on any atom is 0.338 e. The Morgan fingerprint density at radius 1 is 1.10 bits per heavy atom. The van der Waals surface area contributed by atoms with Gasteiger partial charge < -0.3 is 19.9 Å². The standard InChI is InChI=1S/C20H29NO9S/c1-15(22)21-10-7-13-31(26,27)30-14-20(2,3)17(23)19(25)29-12-11-28-18(24)16-8-5-4-6-9-16/h4-6,8-9,17,23H,7,10-14H2,1-3H3,(H,21,22)/t17-/m0/s1. The SMILES string of the molecule is CC(=O)NCCCS(=O)(=O)OCC(C)(C)[C@@H](O)C(=O)OCCOC(=O)c1ccccc1. The Labute approximate surface area is 182 Å². The van der Waals surface area contributed by atoms with Crippen LogP contribution >= 0.6 is 0 Å². The van der Waals surface area contributed by atoms with Gasteiger partial charge in [-0.25, -0.2) is 9.59 Å². The molecule has 1 rings (SSSR count). The van der Waals surface area contributed by atoms with E-state index in [1.54, 1.807) is 30.3 Å². The van der Waals surface area contributed by atoms with Gasteiger partial charge >= 0.3 is 11.9 Å². The Balaban J connectivity index is 2.38. The van der Waals surface area contributed by atoms with Crippen LogP contribution in [0.15, 0.2) is 30.3 Å². The van der Waals surface area contributed by atoms with Gasteiger partial charge in [-0.15, -0.1) is 0 Å². The molecule has 1 aromatic carbocycles. The number of amides is 1. The molecule has 1 aromatic rings. The van der Waals surface area contributed by atoms with Crippen LogP contribution in [0.2, 0.25) is 0 Å². The molecule has 11 heteroatoms. The highest BCUT2D eigenvalue weighted by Crippen LogP contribution is 2.23. The summed E-state index contributed by atoms with van der Waals surface area (Å²) in [7, 11) is -3.90. The molecule has 0 aliphatic carbocycles. The number of hydrogen-bond donors (Lipinski definition) is 2. The summed E-state index contributed by atoms with van der Waals surface area (Å²) in [6.45, 7) is 3.47. The monoisotopic (exact) mass is 459 g/mol. The molecule has 0 saturated carbocycles. The molecular weight excluding hydrogens is 430 g/mol. The summed E-state index contributed by atoms with van der Waals surface area (Å²) in [5, 5.41) is 12.7. The Hall–Kier alpha value is -2.50. The second-order valence-corrected chi connectivity index (χ2v) is 9.18. The molecule has 1 atom stereocenters. The van der Waals surface area contributed by atoms with E-state index in [1.807, 2.05) is 0 Å². The summed E-state index contributed by atoms with van der Waals surface area (Å²) in [5.41, 5.74) is -0.909. The first-order valence-corrected chi connectivity index (χ1v) is 11.2. The van der Waals surface area contributed by atoms with Crippen molar-refractivity contribution in [2.24, 2.45) is 5.41 Å². The molecule has 0 fully saturated rings. The molecule has 10 nitrogen and oxygen atoms in total. The molecule has 0 aromatic heterocycles. The number of rotatable bonds is 13. The quantitative estimate of drug-likeness (QED) is 0.247. The maximum absolute atomic E-state index is 12.0. The Bertz CT molecular complexity index is 837. The lowest BCUT2D eigenvalue weighted by Crippen LogP contribution is -2.42. The lowest BCUT2D eigenvalue weighted by molar-refractivity contribution is -0.162. The van der Waals surface area contributed by atoms with Crippen LogP contribution in [-0.4, -0.2) is 69.6 Å². The lowest BCUT2D eigenvalue weighted by atomic mass is 9.88. The fourth-order valence-electron chi connectivity index (χ4n) is 2.23. The van der Waals surface area contributed by atoms with Crippen LogP contribution in [-0.2, 0) is 33.4 Å². The zero-order valence-corrected chi connectivity index (χ0v) is 18.6. The van der Waals surface area contributed by atoms with Crippen molar-refractivity contribution in [3.05, 3.63) is 35.9 Å². The van der Waals surface area contributed by atoms with E-state index >= 15 is 0 Å². The van der Waals surface area contributed by atoms with Gasteiger partial charge in [-0.2, -0.15) is 8.42 Å². The third-order valence-corrected chi connectivity index (χ3v) is 5.35. The van der Waals surface area contributed by atoms with Crippen molar-refractivity contribution in [3.8, 4) is 0 Å². The molecule has 0 radical (unpaired) electrons. The van der Waals surface area contributed by atoms with E-state index < -0.39 is 40.2 Å². The molecule has 0 saturated heterocycles. The minimum atomic E-state index is -3.90. The molecular formula is C20H29NO9S. The van der Waals surface area contributed by atoms with E-state index in [0.29, 0.717) is 5.56 Å². The van der Waals surface area contributed by atoms with E-state index in [2.05, 4.69) is 5.32 Å². The number of hydrogen-bond acceptors (Lipinski definition) is 9. The highest BCUT2D eigenvalue weighted by Gasteiger charge is 2.36. The van der Waals surface area contributed by atoms with Gasteiger partial charge in [0.05, 0.1) is 17.9 Å². The zero-order chi connectivity index (χ0) is 23.5. The van der Waals surface area contributed by atoms with Crippen LogP contribution in [0, 0.1) is 5.41 Å². The van der Waals surface area contributed by atoms with E-state index in [9.17, 15) is 27.9 Å². The average molecular weight is 460 g/mol. The van der Waals surface area contributed by atoms with E-state index in [0.717, 1.165) is 0 Å². The number of nitrogens with one attached hydrogen (secondary N) is 1. The maximum atomic E-state index is 12.0. The number of aliphatic hydroxyl groups excluding tert-OH is 1. The minimum Gasteiger partial charge on any atom is -0.460 e. The first-order valence-electron chi connectivity index (χ1n) is 9.63. The van der Waals surface area contributed by atoms with Gasteiger partial charge in [-0.1, -0.05) is 32.0 Å². The third kappa shape index (κ3) is 10.4. The molecule has 0 heterocycles. The van der Waals surface area contributed by atoms with Crippen molar-refractivity contribution in [2.75, 3.05) is 32.1 Å². The van der Waals surface area contributed by atoms with Crippen LogP contribution in [0.1, 0.15) is 37.6 Å². The molecule has 0 spiro atoms. The number of ether oxygens (including phenoxy) is 2. The van der Waals surface area contributed by atoms with Gasteiger partial charge in [0.15, 0.2) is 6.10 Å². The average Bonchev–Trinajstić information content (AvgIpc) is 2.72. The van der Waals surface area contributed by atoms with Crippen LogP contribution in [0.5, 0.6) is 0 Å². The molecule has 0 aliphatic heterocycles. The minimum absolute atomic E-state index is 0.161. The topological polar surface area (TPSA) is 145 Å². The predicted octanol–water partition coefficient (Wildman–Crippen LogP) is 0.646. The fourth-order valence-corrected chi connectivity index (χ4v) is 3.32. The van der Waals surface area contributed by atoms with E-state index in [4.69, 9.17) is 13.7 Å². The lowest BCUT2D eigenvalue weighted by Gasteiger charge is -2.28. The highest BCUT2D eigenvalue weighted by atomic mass is 32.2. The molecule has 0 aliphatic rings. The smallest absolute Gasteiger partial charge is 0.338 e. The van der Waals surface area contributed by atoms with Crippen molar-refractivity contribution in [1.82, 2.24) is 5.32 Å². The summed E-state index contributed by atoms with van der Waals surface area (Å²) in [4.78, 5) is 34.6. The second kappa shape index (κ2) is 12.4. The van der Waals surface area contributed by atoms with Crippen LogP contribution in [0.25, 0.3) is 0 Å². The van der Waals surface area contributed by atoms with Gasteiger partial charge in [-0.3, -0.25) is 8.98 Å². The number of carbonyl (C=O) groups is 3. The predicted molar refractivity (Wildman–Crippen MR) is 111 cm³/mol. The summed E-state index contributed by atoms with van der Waals surface area (Å²) in [6, 6.07) is 8.27. The summed E-state index contributed by atoms with van der Waals surface area (Å²) in [5.74, 6) is -2.16. The molecule has 1 amide bonds. The van der Waals surface area contributed by atoms with Crippen molar-refractivity contribution in [2.45, 2.75) is 33.3 Å². The summed E-state index contributed by atoms with van der Waals surface area (Å²) >= 11 is 0. The third-order valence-electron chi connectivity index (χ3n) is 4.09. The fraction of sp³-hybridized carbons (Fsp3) is 0.550. The number of carbonyl (C=O) groups excluding carboxylic acids is 3. The van der Waals surface area contributed by atoms with E-state index in [1.165, 1.54) is 20.8 Å². The van der Waals surface area contributed by atoms with E-state index in [-0.39, 0.29) is 37.8 Å². The molecule has 31 heavy (non-hydrogen) atoms. The van der Waals surface area contributed by atoms with Crippen molar-refractivity contribution >= 4 is 28.0 Å². The van der Waals surface area contributed by atoms with Crippen molar-refractivity contribution in [1.29, 1.82) is 0 Å². The van der Waals surface area contributed by atoms with Crippen molar-refractivity contribution in [3.63, 3.8) is 0 Å². The van der Waals surface area contributed by atoms with Gasteiger partial charge in [0.2, 0.25) is 5.91 Å². The Morgan fingerprint density at radius 2 is 1.71 bits per heavy atom. The Morgan fingerprint density at radius 3 is 2.32 bits per heavy atom. The zero-order valence-electron chi connectivity index (χ0n) is 17.8. The van der Waals surface area contributed by atoms with Gasteiger partial charge in [-0.05, 0) is 18.6 Å². The van der Waals surface area contributed by atoms with Crippen LogP contribution in [0.3, 0.4) is 0 Å². The molecule has 0 unspecified atom stereocenters. The van der Waals surface area contributed by atoms with Gasteiger partial charge in [0, 0.05) is 18.9 Å². The first-order chi connectivity index (χ1) is 14.4. The molecule has 2 N–H and O–H groups in total. The summed E-state index contributed by atoms with van der Waals surface area (Å²) < 4.78 is 38.6.